The summed E-state index contributed by atoms with van der Waals surface area (Å²) in [6, 6.07) is 0. The first-order valence-electron chi connectivity index (χ1n) is 4.73. The van der Waals surface area contributed by atoms with Gasteiger partial charge in [0.1, 0.15) is 0 Å². The fourth-order valence-electron chi connectivity index (χ4n) is 1.53. The van der Waals surface area contributed by atoms with Gasteiger partial charge in [-0.25, -0.2) is 0 Å². The summed E-state index contributed by atoms with van der Waals surface area (Å²) in [4.78, 5) is 0. The molecule has 0 radical (unpaired) electrons. The zero-order valence-corrected chi connectivity index (χ0v) is 9.80. The molecular formula is C10H23P. The topological polar surface area (TPSA) is 0 Å². The smallest absolute Gasteiger partial charge is 0.0187 e. The van der Waals surface area contributed by atoms with Crippen LogP contribution in [0, 0.1) is 11.3 Å². The Kier molecular flexibility index (Phi) is 4.63. The van der Waals surface area contributed by atoms with Crippen LogP contribution in [0.15, 0.2) is 0 Å². The van der Waals surface area contributed by atoms with Crippen molar-refractivity contribution < 1.29 is 0 Å². The molecule has 0 aliphatic heterocycles. The van der Waals surface area contributed by atoms with Gasteiger partial charge in [-0.2, -0.15) is 0 Å². The van der Waals surface area contributed by atoms with Crippen LogP contribution in [0.3, 0.4) is 0 Å². The van der Waals surface area contributed by atoms with Crippen LogP contribution >= 0.6 is 9.24 Å². The van der Waals surface area contributed by atoms with Gasteiger partial charge in [0, 0.05) is 0 Å². The van der Waals surface area contributed by atoms with Crippen LogP contribution in [-0.2, 0) is 0 Å². The summed E-state index contributed by atoms with van der Waals surface area (Å²) in [6.07, 6.45) is 2.58. The second-order valence-electron chi connectivity index (χ2n) is 4.13. The van der Waals surface area contributed by atoms with Crippen LogP contribution in [0.4, 0.5) is 0 Å². The minimum Gasteiger partial charge on any atom is -0.134 e. The number of hydrogen-bond donors (Lipinski definition) is 0. The van der Waals surface area contributed by atoms with Gasteiger partial charge >= 0.3 is 0 Å². The molecule has 0 fully saturated rings. The second-order valence-corrected chi connectivity index (χ2v) is 4.85. The van der Waals surface area contributed by atoms with E-state index in [2.05, 4.69) is 43.9 Å². The predicted octanol–water partition coefficient (Wildman–Crippen LogP) is 3.71. The Hall–Kier alpha value is 0.430. The standard InChI is InChI=1S/C10H23P/c1-6-10(5,7-2)9(11)8(3)4/h8-9H,6-7,11H2,1-5H3. The molecule has 0 aromatic rings. The zero-order valence-electron chi connectivity index (χ0n) is 8.65. The first kappa shape index (κ1) is 11.4. The van der Waals surface area contributed by atoms with E-state index in [9.17, 15) is 0 Å². The lowest BCUT2D eigenvalue weighted by Gasteiger charge is -2.36. The highest BCUT2D eigenvalue weighted by Crippen LogP contribution is 2.38. The Bertz CT molecular complexity index is 103. The van der Waals surface area contributed by atoms with Gasteiger partial charge in [-0.05, 0) is 17.0 Å². The third-order valence-electron chi connectivity index (χ3n) is 3.14. The average Bonchev–Trinajstić information content (AvgIpc) is 2.01. The summed E-state index contributed by atoms with van der Waals surface area (Å²) in [7, 11) is 3.01. The highest BCUT2D eigenvalue weighted by Gasteiger charge is 2.29. The van der Waals surface area contributed by atoms with Gasteiger partial charge in [-0.1, -0.05) is 47.5 Å². The van der Waals surface area contributed by atoms with Crippen molar-refractivity contribution in [3.05, 3.63) is 0 Å². The van der Waals surface area contributed by atoms with Crippen molar-refractivity contribution in [3.8, 4) is 0 Å². The van der Waals surface area contributed by atoms with Crippen molar-refractivity contribution in [1.82, 2.24) is 0 Å². The lowest BCUT2D eigenvalue weighted by molar-refractivity contribution is 0.248. The lowest BCUT2D eigenvalue weighted by Crippen LogP contribution is -2.30. The van der Waals surface area contributed by atoms with Gasteiger partial charge in [-0.15, -0.1) is 9.24 Å². The summed E-state index contributed by atoms with van der Waals surface area (Å²) in [6.45, 7) is 11.6. The molecule has 0 aromatic carbocycles. The van der Waals surface area contributed by atoms with E-state index in [4.69, 9.17) is 0 Å². The first-order chi connectivity index (χ1) is 4.98. The molecule has 1 heteroatoms. The molecule has 0 nitrogen and oxygen atoms in total. The van der Waals surface area contributed by atoms with Crippen molar-refractivity contribution >= 4 is 9.24 Å². The van der Waals surface area contributed by atoms with Crippen LogP contribution in [0.1, 0.15) is 47.5 Å². The molecule has 0 saturated heterocycles. The fourth-order valence-corrected chi connectivity index (χ4v) is 2.00. The summed E-state index contributed by atoms with van der Waals surface area (Å²) in [5, 5.41) is 0. The summed E-state index contributed by atoms with van der Waals surface area (Å²) in [5.74, 6) is 0.782. The fraction of sp³-hybridized carbons (Fsp3) is 1.00. The van der Waals surface area contributed by atoms with Crippen LogP contribution in [-0.4, -0.2) is 5.66 Å². The van der Waals surface area contributed by atoms with Crippen molar-refractivity contribution in [2.45, 2.75) is 53.1 Å². The Labute approximate surface area is 74.4 Å². The monoisotopic (exact) mass is 174 g/mol. The minimum atomic E-state index is 0.527. The molecule has 0 heterocycles. The molecule has 11 heavy (non-hydrogen) atoms. The van der Waals surface area contributed by atoms with Gasteiger partial charge in [0.05, 0.1) is 0 Å². The Balaban J connectivity index is 4.24. The Morgan fingerprint density at radius 3 is 1.64 bits per heavy atom. The van der Waals surface area contributed by atoms with Crippen molar-refractivity contribution in [2.75, 3.05) is 0 Å². The summed E-state index contributed by atoms with van der Waals surface area (Å²) < 4.78 is 0. The van der Waals surface area contributed by atoms with Crippen molar-refractivity contribution in [1.29, 1.82) is 0 Å². The Morgan fingerprint density at radius 1 is 1.18 bits per heavy atom. The number of hydrogen-bond acceptors (Lipinski definition) is 0. The highest BCUT2D eigenvalue weighted by atomic mass is 31.0. The minimum absolute atomic E-state index is 0.527. The maximum Gasteiger partial charge on any atom is -0.0187 e. The van der Waals surface area contributed by atoms with E-state index in [0.717, 1.165) is 11.6 Å². The molecule has 0 saturated carbocycles. The van der Waals surface area contributed by atoms with Gasteiger partial charge < -0.3 is 0 Å². The molecular weight excluding hydrogens is 151 g/mol. The van der Waals surface area contributed by atoms with Gasteiger partial charge in [0.2, 0.25) is 0 Å². The van der Waals surface area contributed by atoms with Crippen LogP contribution in [0.5, 0.6) is 0 Å². The van der Waals surface area contributed by atoms with E-state index >= 15 is 0 Å². The van der Waals surface area contributed by atoms with Crippen molar-refractivity contribution in [2.24, 2.45) is 11.3 Å². The molecule has 0 amide bonds. The van der Waals surface area contributed by atoms with E-state index in [0.29, 0.717) is 5.41 Å². The SMILES string of the molecule is CCC(C)(CC)C(P)C(C)C. The maximum atomic E-state index is 3.01. The van der Waals surface area contributed by atoms with Crippen molar-refractivity contribution in [3.63, 3.8) is 0 Å². The van der Waals surface area contributed by atoms with E-state index in [1.165, 1.54) is 12.8 Å². The molecule has 0 aliphatic carbocycles. The Morgan fingerprint density at radius 2 is 1.55 bits per heavy atom. The molecule has 68 valence electrons. The van der Waals surface area contributed by atoms with Gasteiger partial charge in [0.25, 0.3) is 0 Å². The van der Waals surface area contributed by atoms with Crippen LogP contribution in [0.2, 0.25) is 0 Å². The lowest BCUT2D eigenvalue weighted by atomic mass is 9.77. The largest absolute Gasteiger partial charge is 0.134 e. The van der Waals surface area contributed by atoms with Crippen LogP contribution < -0.4 is 0 Å². The number of rotatable bonds is 4. The van der Waals surface area contributed by atoms with E-state index in [1.807, 2.05) is 0 Å². The summed E-state index contributed by atoms with van der Waals surface area (Å²) >= 11 is 0. The maximum absolute atomic E-state index is 3.01. The van der Waals surface area contributed by atoms with E-state index in [1.54, 1.807) is 0 Å². The van der Waals surface area contributed by atoms with E-state index in [-0.39, 0.29) is 0 Å². The zero-order chi connectivity index (χ0) is 9.07. The molecule has 0 aliphatic rings. The second kappa shape index (κ2) is 4.45. The molecule has 2 unspecified atom stereocenters. The molecule has 2 atom stereocenters. The average molecular weight is 174 g/mol. The molecule has 0 rings (SSSR count). The molecule has 0 aromatic heterocycles. The van der Waals surface area contributed by atoms with Gasteiger partial charge in [-0.3, -0.25) is 0 Å². The summed E-state index contributed by atoms with van der Waals surface area (Å²) in [5.41, 5.74) is 1.29. The highest BCUT2D eigenvalue weighted by molar-refractivity contribution is 7.17. The molecule has 0 bridgehead atoms. The quantitative estimate of drug-likeness (QED) is 0.570. The molecule has 0 N–H and O–H groups in total. The van der Waals surface area contributed by atoms with Crippen LogP contribution in [0.25, 0.3) is 0 Å². The third kappa shape index (κ3) is 2.75. The third-order valence-corrected chi connectivity index (χ3v) is 4.71. The predicted molar refractivity (Wildman–Crippen MR) is 57.0 cm³/mol. The first-order valence-corrected chi connectivity index (χ1v) is 5.40. The molecule has 0 spiro atoms. The van der Waals surface area contributed by atoms with E-state index < -0.39 is 0 Å². The van der Waals surface area contributed by atoms with Gasteiger partial charge in [0.15, 0.2) is 0 Å². The normalized spacial score (nSPS) is 15.5.